The Morgan fingerprint density at radius 1 is 1.43 bits per heavy atom. The first-order valence-corrected chi connectivity index (χ1v) is 5.86. The molecule has 2 aromatic rings. The van der Waals surface area contributed by atoms with Crippen LogP contribution in [0.4, 0.5) is 18.9 Å². The number of carbonyl (C=O) groups excluding carboxylic acids is 1. The second-order valence-corrected chi connectivity index (χ2v) is 4.36. The molecule has 21 heavy (non-hydrogen) atoms. The molecule has 1 aromatic heterocycles. The summed E-state index contributed by atoms with van der Waals surface area (Å²) >= 11 is 0. The number of anilines is 1. The molecule has 1 heterocycles. The van der Waals surface area contributed by atoms with Crippen LogP contribution in [0, 0.1) is 0 Å². The fourth-order valence-electron chi connectivity index (χ4n) is 1.81. The monoisotopic (exact) mass is 299 g/mol. The summed E-state index contributed by atoms with van der Waals surface area (Å²) < 4.78 is 38.3. The number of nitrogens with zero attached hydrogens (tertiary/aromatic N) is 3. The van der Waals surface area contributed by atoms with Crippen LogP contribution in [0.3, 0.4) is 0 Å². The summed E-state index contributed by atoms with van der Waals surface area (Å²) in [5.74, 6) is -0.216. The Morgan fingerprint density at radius 2 is 2.14 bits per heavy atom. The number of alkyl halides is 3. The van der Waals surface area contributed by atoms with Crippen LogP contribution in [0.2, 0.25) is 0 Å². The molecular formula is C12H12F3N5O. The van der Waals surface area contributed by atoms with Gasteiger partial charge in [-0.15, -0.1) is 0 Å². The number of nitrogens with two attached hydrogens (primary N) is 1. The first-order valence-electron chi connectivity index (χ1n) is 5.86. The summed E-state index contributed by atoms with van der Waals surface area (Å²) in [4.78, 5) is 17.2. The van der Waals surface area contributed by atoms with Crippen LogP contribution in [0.15, 0.2) is 24.5 Å². The van der Waals surface area contributed by atoms with Gasteiger partial charge < -0.3 is 10.6 Å². The van der Waals surface area contributed by atoms with Crippen LogP contribution in [0.25, 0.3) is 0 Å². The van der Waals surface area contributed by atoms with Gasteiger partial charge in [0.2, 0.25) is 0 Å². The molecule has 1 aromatic carbocycles. The van der Waals surface area contributed by atoms with Crippen LogP contribution in [0.1, 0.15) is 21.7 Å². The van der Waals surface area contributed by atoms with Gasteiger partial charge in [-0.05, 0) is 12.1 Å². The van der Waals surface area contributed by atoms with E-state index in [0.717, 1.165) is 12.1 Å². The van der Waals surface area contributed by atoms with Gasteiger partial charge in [0, 0.05) is 7.05 Å². The number of amides is 1. The third kappa shape index (κ3) is 3.12. The second-order valence-electron chi connectivity index (χ2n) is 4.36. The van der Waals surface area contributed by atoms with Crippen molar-refractivity contribution in [2.75, 3.05) is 12.8 Å². The van der Waals surface area contributed by atoms with Crippen molar-refractivity contribution in [3.63, 3.8) is 0 Å². The van der Waals surface area contributed by atoms with Gasteiger partial charge in [-0.3, -0.25) is 9.89 Å². The van der Waals surface area contributed by atoms with E-state index in [4.69, 9.17) is 5.73 Å². The van der Waals surface area contributed by atoms with Gasteiger partial charge in [0.25, 0.3) is 5.91 Å². The van der Waals surface area contributed by atoms with Crippen molar-refractivity contribution in [2.45, 2.75) is 12.7 Å². The zero-order valence-corrected chi connectivity index (χ0v) is 11.0. The van der Waals surface area contributed by atoms with E-state index in [1.54, 1.807) is 0 Å². The van der Waals surface area contributed by atoms with Gasteiger partial charge in [-0.1, -0.05) is 6.07 Å². The lowest BCUT2D eigenvalue weighted by atomic mass is 10.1. The van der Waals surface area contributed by atoms with E-state index >= 15 is 0 Å². The van der Waals surface area contributed by atoms with E-state index in [0.29, 0.717) is 5.82 Å². The zero-order valence-electron chi connectivity index (χ0n) is 11.0. The molecule has 0 saturated heterocycles. The summed E-state index contributed by atoms with van der Waals surface area (Å²) in [5, 5.41) is 6.18. The molecule has 0 spiro atoms. The fourth-order valence-corrected chi connectivity index (χ4v) is 1.81. The fraction of sp³-hybridized carbons (Fsp3) is 0.250. The molecule has 3 N–H and O–H groups in total. The Labute approximate surface area is 117 Å². The average Bonchev–Trinajstić information content (AvgIpc) is 2.89. The third-order valence-electron chi connectivity index (χ3n) is 2.84. The van der Waals surface area contributed by atoms with Gasteiger partial charge in [0.1, 0.15) is 12.2 Å². The summed E-state index contributed by atoms with van der Waals surface area (Å²) in [7, 11) is 1.44. The minimum Gasteiger partial charge on any atom is -0.398 e. The molecule has 9 heteroatoms. The highest BCUT2D eigenvalue weighted by Crippen LogP contribution is 2.35. The normalized spacial score (nSPS) is 11.4. The Morgan fingerprint density at radius 3 is 2.71 bits per heavy atom. The zero-order chi connectivity index (χ0) is 15.6. The summed E-state index contributed by atoms with van der Waals surface area (Å²) in [6.45, 7) is 0.0779. The largest absolute Gasteiger partial charge is 0.418 e. The molecule has 2 rings (SSSR count). The molecule has 0 bridgehead atoms. The Bertz CT molecular complexity index is 639. The van der Waals surface area contributed by atoms with E-state index in [2.05, 4.69) is 15.2 Å². The number of aromatic amines is 1. The van der Waals surface area contributed by atoms with Crippen molar-refractivity contribution in [3.8, 4) is 0 Å². The highest BCUT2D eigenvalue weighted by molar-refractivity contribution is 5.99. The molecule has 0 aliphatic heterocycles. The number of hydrogen-bond acceptors (Lipinski definition) is 4. The second kappa shape index (κ2) is 5.43. The molecule has 0 radical (unpaired) electrons. The minimum atomic E-state index is -4.61. The maximum absolute atomic E-state index is 12.8. The number of aromatic nitrogens is 3. The highest BCUT2D eigenvalue weighted by atomic mass is 19.4. The predicted octanol–water partition coefficient (Wildman–Crippen LogP) is 1.68. The van der Waals surface area contributed by atoms with Crippen molar-refractivity contribution in [1.29, 1.82) is 0 Å². The van der Waals surface area contributed by atoms with Crippen LogP contribution in [0.5, 0.6) is 0 Å². The average molecular weight is 299 g/mol. The van der Waals surface area contributed by atoms with Gasteiger partial charge in [-0.2, -0.15) is 18.3 Å². The molecule has 0 aliphatic carbocycles. The van der Waals surface area contributed by atoms with Crippen molar-refractivity contribution in [2.24, 2.45) is 0 Å². The first kappa shape index (κ1) is 14.8. The molecule has 112 valence electrons. The van der Waals surface area contributed by atoms with E-state index < -0.39 is 23.3 Å². The Balaban J connectivity index is 2.27. The van der Waals surface area contributed by atoms with Gasteiger partial charge >= 0.3 is 6.18 Å². The number of H-pyrrole nitrogens is 1. The lowest BCUT2D eigenvalue weighted by molar-refractivity contribution is -0.136. The quantitative estimate of drug-likeness (QED) is 0.844. The van der Waals surface area contributed by atoms with Crippen LogP contribution >= 0.6 is 0 Å². The Hall–Kier alpha value is -2.58. The maximum Gasteiger partial charge on any atom is 0.418 e. The number of para-hydroxylation sites is 1. The molecular weight excluding hydrogens is 287 g/mol. The van der Waals surface area contributed by atoms with E-state index in [1.807, 2.05) is 0 Å². The molecule has 1 amide bonds. The molecule has 0 saturated carbocycles. The minimum absolute atomic E-state index is 0.0779. The van der Waals surface area contributed by atoms with Crippen LogP contribution in [-0.2, 0) is 12.7 Å². The van der Waals surface area contributed by atoms with Crippen molar-refractivity contribution in [3.05, 3.63) is 41.5 Å². The van der Waals surface area contributed by atoms with Crippen LogP contribution < -0.4 is 5.73 Å². The number of carbonyl (C=O) groups is 1. The van der Waals surface area contributed by atoms with E-state index in [9.17, 15) is 18.0 Å². The Kier molecular flexibility index (Phi) is 3.83. The molecule has 6 nitrogen and oxygen atoms in total. The third-order valence-corrected chi connectivity index (χ3v) is 2.84. The van der Waals surface area contributed by atoms with Crippen LogP contribution in [-0.4, -0.2) is 33.0 Å². The topological polar surface area (TPSA) is 87.9 Å². The molecule has 0 aliphatic rings. The number of rotatable bonds is 3. The van der Waals surface area contributed by atoms with Crippen molar-refractivity contribution in [1.82, 2.24) is 20.1 Å². The van der Waals surface area contributed by atoms with Gasteiger partial charge in [0.05, 0.1) is 23.4 Å². The van der Waals surface area contributed by atoms with Crippen molar-refractivity contribution >= 4 is 11.6 Å². The number of hydrogen-bond donors (Lipinski definition) is 2. The number of nitrogen functional groups attached to an aromatic ring is 1. The maximum atomic E-state index is 12.8. The predicted molar refractivity (Wildman–Crippen MR) is 68.0 cm³/mol. The highest BCUT2D eigenvalue weighted by Gasteiger charge is 2.34. The SMILES string of the molecule is CN(Cc1ncn[nH]1)C(=O)c1cccc(C(F)(F)F)c1N. The number of halogens is 3. The lowest BCUT2D eigenvalue weighted by Gasteiger charge is -2.18. The van der Waals surface area contributed by atoms with E-state index in [-0.39, 0.29) is 12.1 Å². The molecule has 0 atom stereocenters. The standard InChI is InChI=1S/C12H12F3N5O/c1-20(5-9-17-6-18-19-9)11(21)7-3-2-4-8(10(7)16)12(13,14)15/h2-4,6H,5,16H2,1H3,(H,17,18,19). The first-order chi connectivity index (χ1) is 9.80. The van der Waals surface area contributed by atoms with Gasteiger partial charge in [0.15, 0.2) is 0 Å². The number of benzene rings is 1. The van der Waals surface area contributed by atoms with Gasteiger partial charge in [-0.25, -0.2) is 4.98 Å². The lowest BCUT2D eigenvalue weighted by Crippen LogP contribution is -2.28. The molecule has 0 fully saturated rings. The summed E-state index contributed by atoms with van der Waals surface area (Å²) in [6, 6.07) is 3.24. The summed E-state index contributed by atoms with van der Waals surface area (Å²) in [6.07, 6.45) is -3.34. The number of nitrogens with one attached hydrogen (secondary N) is 1. The van der Waals surface area contributed by atoms with E-state index in [1.165, 1.54) is 24.3 Å². The summed E-state index contributed by atoms with van der Waals surface area (Å²) in [5.41, 5.74) is 3.67. The smallest absolute Gasteiger partial charge is 0.398 e. The van der Waals surface area contributed by atoms with Crippen molar-refractivity contribution < 1.29 is 18.0 Å². The molecule has 0 unspecified atom stereocenters.